The average molecular weight is 382 g/mol. The first-order valence-corrected chi connectivity index (χ1v) is 10.7. The minimum atomic E-state index is 0.421. The normalized spacial score (nSPS) is 17.4. The van der Waals surface area contributed by atoms with Crippen LogP contribution in [0.1, 0.15) is 30.9 Å². The standard InChI is InChI=1S/C23H31N3S/c1-4-5-14-25-17-26(16-20(25)15-24)19(3)21-11-7-9-13-23(21)27-22-12-8-6-10-18(22)2/h6-13,20H,3-5,14-17,24H2,1-2H3. The van der Waals surface area contributed by atoms with E-state index in [9.17, 15) is 0 Å². The molecule has 2 N–H and O–H groups in total. The summed E-state index contributed by atoms with van der Waals surface area (Å²) in [6.07, 6.45) is 2.43. The maximum absolute atomic E-state index is 6.04. The third-order valence-electron chi connectivity index (χ3n) is 5.26. The van der Waals surface area contributed by atoms with Crippen LogP contribution in [-0.2, 0) is 0 Å². The highest BCUT2D eigenvalue weighted by Crippen LogP contribution is 2.36. The second-order valence-electron chi connectivity index (χ2n) is 7.23. The molecule has 1 heterocycles. The van der Waals surface area contributed by atoms with Crippen molar-refractivity contribution in [2.24, 2.45) is 5.73 Å². The minimum Gasteiger partial charge on any atom is -0.357 e. The number of hydrogen-bond acceptors (Lipinski definition) is 4. The van der Waals surface area contributed by atoms with E-state index in [1.165, 1.54) is 33.8 Å². The van der Waals surface area contributed by atoms with E-state index in [0.29, 0.717) is 12.6 Å². The molecule has 1 fully saturated rings. The van der Waals surface area contributed by atoms with E-state index in [4.69, 9.17) is 5.73 Å². The Bertz CT molecular complexity index is 774. The van der Waals surface area contributed by atoms with Crippen LogP contribution in [0.3, 0.4) is 0 Å². The molecule has 1 aliphatic heterocycles. The van der Waals surface area contributed by atoms with Crippen molar-refractivity contribution in [3.8, 4) is 0 Å². The van der Waals surface area contributed by atoms with Gasteiger partial charge in [-0.1, -0.05) is 68.1 Å². The van der Waals surface area contributed by atoms with E-state index in [1.54, 1.807) is 0 Å². The Morgan fingerprint density at radius 3 is 2.56 bits per heavy atom. The van der Waals surface area contributed by atoms with Crippen LogP contribution in [0.5, 0.6) is 0 Å². The van der Waals surface area contributed by atoms with Crippen molar-refractivity contribution >= 4 is 17.5 Å². The zero-order valence-electron chi connectivity index (χ0n) is 16.5. The van der Waals surface area contributed by atoms with Crippen LogP contribution in [0.15, 0.2) is 64.9 Å². The Morgan fingerprint density at radius 1 is 1.15 bits per heavy atom. The van der Waals surface area contributed by atoms with Crippen molar-refractivity contribution in [3.05, 3.63) is 66.2 Å². The zero-order valence-corrected chi connectivity index (χ0v) is 17.3. The van der Waals surface area contributed by atoms with Crippen molar-refractivity contribution < 1.29 is 0 Å². The molecule has 0 aromatic heterocycles. The molecule has 0 spiro atoms. The number of aryl methyl sites for hydroxylation is 1. The van der Waals surface area contributed by atoms with E-state index < -0.39 is 0 Å². The van der Waals surface area contributed by atoms with E-state index in [0.717, 1.165) is 25.5 Å². The molecule has 4 heteroatoms. The van der Waals surface area contributed by atoms with Gasteiger partial charge in [-0.2, -0.15) is 0 Å². The molecule has 2 aromatic carbocycles. The van der Waals surface area contributed by atoms with E-state index >= 15 is 0 Å². The summed E-state index contributed by atoms with van der Waals surface area (Å²) in [5.74, 6) is 0. The summed E-state index contributed by atoms with van der Waals surface area (Å²) < 4.78 is 0. The van der Waals surface area contributed by atoms with Gasteiger partial charge in [-0.3, -0.25) is 4.90 Å². The number of nitrogens with zero attached hydrogens (tertiary/aromatic N) is 2. The van der Waals surface area contributed by atoms with Crippen LogP contribution in [-0.4, -0.2) is 42.1 Å². The Balaban J connectivity index is 1.78. The monoisotopic (exact) mass is 381 g/mol. The number of benzene rings is 2. The molecule has 2 aromatic rings. The van der Waals surface area contributed by atoms with Gasteiger partial charge in [-0.15, -0.1) is 0 Å². The fourth-order valence-corrected chi connectivity index (χ4v) is 4.60. The van der Waals surface area contributed by atoms with Crippen LogP contribution in [0, 0.1) is 6.92 Å². The molecule has 1 aliphatic rings. The van der Waals surface area contributed by atoms with Gasteiger partial charge in [0.05, 0.1) is 6.67 Å². The molecule has 0 bridgehead atoms. The lowest BCUT2D eigenvalue weighted by atomic mass is 10.1. The Kier molecular flexibility index (Phi) is 7.00. The summed E-state index contributed by atoms with van der Waals surface area (Å²) in [5, 5.41) is 0. The maximum Gasteiger partial charge on any atom is 0.0711 e. The van der Waals surface area contributed by atoms with Gasteiger partial charge >= 0.3 is 0 Å². The second-order valence-corrected chi connectivity index (χ2v) is 8.31. The SMILES string of the molecule is C=C(c1ccccc1Sc1ccccc1C)N1CC(CN)N(CCCC)C1. The lowest BCUT2D eigenvalue weighted by Gasteiger charge is -2.24. The Hall–Kier alpha value is -1.75. The predicted octanol–water partition coefficient (Wildman–Crippen LogP) is 4.82. The molecule has 0 radical (unpaired) electrons. The van der Waals surface area contributed by atoms with Crippen LogP contribution < -0.4 is 5.73 Å². The minimum absolute atomic E-state index is 0.421. The molecule has 1 unspecified atom stereocenters. The average Bonchev–Trinajstić information content (AvgIpc) is 3.11. The number of hydrogen-bond donors (Lipinski definition) is 1. The summed E-state index contributed by atoms with van der Waals surface area (Å²) in [6.45, 7) is 12.6. The number of rotatable bonds is 8. The van der Waals surface area contributed by atoms with Crippen molar-refractivity contribution in [1.82, 2.24) is 9.80 Å². The Labute approximate surface area is 168 Å². The molecule has 3 rings (SSSR count). The predicted molar refractivity (Wildman–Crippen MR) is 117 cm³/mol. The van der Waals surface area contributed by atoms with Gasteiger partial charge < -0.3 is 10.6 Å². The van der Waals surface area contributed by atoms with Gasteiger partial charge in [0.2, 0.25) is 0 Å². The number of unbranched alkanes of at least 4 members (excludes halogenated alkanes) is 1. The summed E-state index contributed by atoms with van der Waals surface area (Å²) in [4.78, 5) is 7.45. The second kappa shape index (κ2) is 9.45. The van der Waals surface area contributed by atoms with Gasteiger partial charge in [0, 0.05) is 46.7 Å². The van der Waals surface area contributed by atoms with Crippen molar-refractivity contribution in [2.45, 2.75) is 42.5 Å². The summed E-state index contributed by atoms with van der Waals surface area (Å²) in [5.41, 5.74) is 9.67. The third kappa shape index (κ3) is 4.75. The van der Waals surface area contributed by atoms with Gasteiger partial charge in [-0.05, 0) is 31.0 Å². The van der Waals surface area contributed by atoms with Crippen LogP contribution in [0.25, 0.3) is 5.70 Å². The van der Waals surface area contributed by atoms with Crippen LogP contribution >= 0.6 is 11.8 Å². The van der Waals surface area contributed by atoms with Crippen LogP contribution in [0.2, 0.25) is 0 Å². The fourth-order valence-electron chi connectivity index (χ4n) is 3.55. The summed E-state index contributed by atoms with van der Waals surface area (Å²) in [7, 11) is 0. The van der Waals surface area contributed by atoms with Gasteiger partial charge in [0.15, 0.2) is 0 Å². The first-order chi connectivity index (χ1) is 13.1. The summed E-state index contributed by atoms with van der Waals surface area (Å²) >= 11 is 1.82. The molecule has 144 valence electrons. The third-order valence-corrected chi connectivity index (χ3v) is 6.52. The highest BCUT2D eigenvalue weighted by Gasteiger charge is 2.30. The maximum atomic E-state index is 6.04. The van der Waals surface area contributed by atoms with E-state index in [-0.39, 0.29) is 0 Å². The van der Waals surface area contributed by atoms with Crippen molar-refractivity contribution in [2.75, 3.05) is 26.3 Å². The van der Waals surface area contributed by atoms with Gasteiger partial charge in [-0.25, -0.2) is 0 Å². The van der Waals surface area contributed by atoms with Gasteiger partial charge in [0.1, 0.15) is 0 Å². The Morgan fingerprint density at radius 2 is 1.85 bits per heavy atom. The summed E-state index contributed by atoms with van der Waals surface area (Å²) in [6, 6.07) is 17.6. The zero-order chi connectivity index (χ0) is 19.2. The topological polar surface area (TPSA) is 32.5 Å². The van der Waals surface area contributed by atoms with E-state index in [1.807, 2.05) is 11.8 Å². The first-order valence-electron chi connectivity index (χ1n) is 9.85. The smallest absolute Gasteiger partial charge is 0.0711 e. The highest BCUT2D eigenvalue weighted by molar-refractivity contribution is 7.99. The van der Waals surface area contributed by atoms with Crippen LogP contribution in [0.4, 0.5) is 0 Å². The van der Waals surface area contributed by atoms with Crippen molar-refractivity contribution in [1.29, 1.82) is 0 Å². The molecule has 1 atom stereocenters. The molecular weight excluding hydrogens is 350 g/mol. The molecule has 3 nitrogen and oxygen atoms in total. The van der Waals surface area contributed by atoms with Crippen molar-refractivity contribution in [3.63, 3.8) is 0 Å². The molecule has 1 saturated heterocycles. The molecule has 0 aliphatic carbocycles. The quantitative estimate of drug-likeness (QED) is 0.710. The lowest BCUT2D eigenvalue weighted by Crippen LogP contribution is -2.37. The lowest BCUT2D eigenvalue weighted by molar-refractivity contribution is 0.243. The molecule has 0 saturated carbocycles. The largest absolute Gasteiger partial charge is 0.357 e. The number of nitrogens with two attached hydrogens (primary N) is 1. The molecule has 27 heavy (non-hydrogen) atoms. The molecular formula is C23H31N3S. The fraction of sp³-hybridized carbons (Fsp3) is 0.391. The van der Waals surface area contributed by atoms with E-state index in [2.05, 4.69) is 78.8 Å². The molecule has 0 amide bonds. The first kappa shape index (κ1) is 20.0. The van der Waals surface area contributed by atoms with Gasteiger partial charge in [0.25, 0.3) is 0 Å². The highest BCUT2D eigenvalue weighted by atomic mass is 32.2.